The first-order valence-corrected chi connectivity index (χ1v) is 34.9. The van der Waals surface area contributed by atoms with Gasteiger partial charge in [-0.15, -0.1) is 0 Å². The van der Waals surface area contributed by atoms with Gasteiger partial charge >= 0.3 is 0 Å². The molecule has 9 N–H and O–H groups in total. The predicted molar refractivity (Wildman–Crippen MR) is 341 cm³/mol. The van der Waals surface area contributed by atoms with Gasteiger partial charge in [0.2, 0.25) is 5.91 Å². The maximum atomic E-state index is 13.3. The van der Waals surface area contributed by atoms with E-state index in [-0.39, 0.29) is 18.9 Å². The second-order valence-electron chi connectivity index (χ2n) is 24.7. The second kappa shape index (κ2) is 55.1. The molecule has 0 aromatic rings. The van der Waals surface area contributed by atoms with E-state index < -0.39 is 86.8 Å². The molecule has 0 aliphatic carbocycles. The molecule has 0 spiro atoms. The Bertz CT molecular complexity index is 1590. The average molecular weight is 1190 g/mol. The Morgan fingerprint density at radius 2 is 0.786 bits per heavy atom. The van der Waals surface area contributed by atoms with Crippen LogP contribution in [0.15, 0.2) is 48.6 Å². The highest BCUT2D eigenvalue weighted by Gasteiger charge is 2.51. The SMILES string of the molecule is CCCCCCC/C=C\C/C=C\C/C=C\CCCCCCCCCCCCCCCCCCCCCCCCC(=O)NC(COC1OC(CO)C(OC2OC(CO)C(O)C(O)C2O)C(O)C1O)C(O)/C=C/CCCCCCCCCCCCC. The molecule has 12 atom stereocenters. The zero-order chi connectivity index (χ0) is 60.9. The Morgan fingerprint density at radius 3 is 1.20 bits per heavy atom. The third-order valence-corrected chi connectivity index (χ3v) is 17.0. The summed E-state index contributed by atoms with van der Waals surface area (Å²) in [4.78, 5) is 13.3. The van der Waals surface area contributed by atoms with Crippen molar-refractivity contribution in [2.75, 3.05) is 19.8 Å². The molecule has 14 nitrogen and oxygen atoms in total. The maximum absolute atomic E-state index is 13.3. The standard InChI is InChI=1S/C70H129NO13/c1-3-5-7-9-11-13-15-17-18-19-20-21-22-23-24-25-26-27-28-29-30-31-32-33-34-35-36-37-38-39-40-42-44-46-48-50-52-54-62(75)71-58(59(74)53-51-49-47-45-43-41-16-14-12-10-8-6-4-2)57-81-69-67(80)65(78)68(61(56-73)83-69)84-70-66(79)64(77)63(76)60(55-72)82-70/h15,17,19-20,22-23,51,53,58-61,63-70,72-74,76-80H,3-14,16,18,21,24-50,52,54-57H2,1-2H3,(H,71,75)/b17-15-,20-19-,23-22-,53-51+. The molecule has 0 aromatic heterocycles. The molecule has 0 saturated carbocycles. The number of nitrogens with one attached hydrogen (secondary N) is 1. The molecule has 14 heteroatoms. The predicted octanol–water partition coefficient (Wildman–Crippen LogP) is 13.9. The molecule has 1 amide bonds. The van der Waals surface area contributed by atoms with Crippen LogP contribution in [0.1, 0.15) is 296 Å². The third-order valence-electron chi connectivity index (χ3n) is 17.0. The van der Waals surface area contributed by atoms with E-state index in [4.69, 9.17) is 18.9 Å². The second-order valence-corrected chi connectivity index (χ2v) is 24.7. The lowest BCUT2D eigenvalue weighted by atomic mass is 9.97. The van der Waals surface area contributed by atoms with Gasteiger partial charge in [-0.05, 0) is 57.8 Å². The monoisotopic (exact) mass is 1190 g/mol. The van der Waals surface area contributed by atoms with E-state index in [1.807, 2.05) is 6.08 Å². The van der Waals surface area contributed by atoms with Gasteiger partial charge in [-0.2, -0.15) is 0 Å². The fraction of sp³-hybridized carbons (Fsp3) is 0.871. The van der Waals surface area contributed by atoms with E-state index in [2.05, 4.69) is 55.6 Å². The van der Waals surface area contributed by atoms with Gasteiger partial charge in [0, 0.05) is 6.42 Å². The van der Waals surface area contributed by atoms with Crippen molar-refractivity contribution in [2.45, 2.75) is 370 Å². The summed E-state index contributed by atoms with van der Waals surface area (Å²) in [5.74, 6) is -0.236. The zero-order valence-corrected chi connectivity index (χ0v) is 53.4. The summed E-state index contributed by atoms with van der Waals surface area (Å²) in [5.41, 5.74) is 0. The number of ether oxygens (including phenoxy) is 4. The zero-order valence-electron chi connectivity index (χ0n) is 53.4. The topological polar surface area (TPSA) is 228 Å². The van der Waals surface area contributed by atoms with E-state index in [9.17, 15) is 45.6 Å². The van der Waals surface area contributed by atoms with Gasteiger partial charge in [-0.3, -0.25) is 4.79 Å². The highest BCUT2D eigenvalue weighted by Crippen LogP contribution is 2.30. The molecule has 2 aliphatic heterocycles. The number of carbonyl (C=O) groups is 1. The number of aliphatic hydroxyl groups is 8. The van der Waals surface area contributed by atoms with Gasteiger partial charge in [-0.1, -0.05) is 281 Å². The molecular formula is C70H129NO13. The van der Waals surface area contributed by atoms with Gasteiger partial charge < -0.3 is 65.1 Å². The minimum Gasteiger partial charge on any atom is -0.394 e. The van der Waals surface area contributed by atoms with E-state index >= 15 is 0 Å². The van der Waals surface area contributed by atoms with Gasteiger partial charge in [0.15, 0.2) is 12.6 Å². The van der Waals surface area contributed by atoms with Crippen molar-refractivity contribution >= 4 is 5.91 Å². The van der Waals surface area contributed by atoms with Crippen molar-refractivity contribution in [3.63, 3.8) is 0 Å². The summed E-state index contributed by atoms with van der Waals surface area (Å²) in [6.07, 6.45) is 54.7. The van der Waals surface area contributed by atoms with E-state index in [0.29, 0.717) is 6.42 Å². The molecule has 0 bridgehead atoms. The van der Waals surface area contributed by atoms with Crippen LogP contribution in [0, 0.1) is 0 Å². The van der Waals surface area contributed by atoms with Gasteiger partial charge in [0.1, 0.15) is 48.8 Å². The maximum Gasteiger partial charge on any atom is 0.220 e. The van der Waals surface area contributed by atoms with Crippen LogP contribution in [0.25, 0.3) is 0 Å². The Morgan fingerprint density at radius 1 is 0.429 bits per heavy atom. The van der Waals surface area contributed by atoms with Crippen molar-refractivity contribution in [3.05, 3.63) is 48.6 Å². The minimum absolute atomic E-state index is 0.236. The normalized spacial score (nSPS) is 23.9. The van der Waals surface area contributed by atoms with Crippen LogP contribution >= 0.6 is 0 Å². The van der Waals surface area contributed by atoms with Crippen LogP contribution in [0.5, 0.6) is 0 Å². The van der Waals surface area contributed by atoms with Crippen LogP contribution in [-0.4, -0.2) is 140 Å². The van der Waals surface area contributed by atoms with Crippen LogP contribution in [0.4, 0.5) is 0 Å². The summed E-state index contributed by atoms with van der Waals surface area (Å²) in [6.45, 7) is 2.80. The van der Waals surface area contributed by atoms with E-state index in [1.54, 1.807) is 6.08 Å². The molecule has 2 heterocycles. The molecule has 2 saturated heterocycles. The summed E-state index contributed by atoms with van der Waals surface area (Å²) in [5, 5.41) is 87.2. The summed E-state index contributed by atoms with van der Waals surface area (Å²) >= 11 is 0. The highest BCUT2D eigenvalue weighted by molar-refractivity contribution is 5.76. The lowest BCUT2D eigenvalue weighted by molar-refractivity contribution is -0.359. The minimum atomic E-state index is -1.79. The highest BCUT2D eigenvalue weighted by atomic mass is 16.7. The molecule has 2 aliphatic rings. The summed E-state index contributed by atoms with van der Waals surface area (Å²) in [7, 11) is 0. The van der Waals surface area contributed by atoms with Crippen molar-refractivity contribution in [1.29, 1.82) is 0 Å². The molecular weight excluding hydrogens is 1060 g/mol. The van der Waals surface area contributed by atoms with Gasteiger partial charge in [0.05, 0.1) is 32.0 Å². The molecule has 0 radical (unpaired) electrons. The average Bonchev–Trinajstić information content (AvgIpc) is 2.58. The smallest absolute Gasteiger partial charge is 0.220 e. The Hall–Kier alpha value is -2.05. The quantitative estimate of drug-likeness (QED) is 0.0204. The molecule has 492 valence electrons. The van der Waals surface area contributed by atoms with Gasteiger partial charge in [-0.25, -0.2) is 0 Å². The Balaban J connectivity index is 1.57. The van der Waals surface area contributed by atoms with E-state index in [0.717, 1.165) is 51.4 Å². The van der Waals surface area contributed by atoms with Crippen LogP contribution in [0.3, 0.4) is 0 Å². The summed E-state index contributed by atoms with van der Waals surface area (Å²) < 4.78 is 22.8. The number of allylic oxidation sites excluding steroid dienone is 7. The molecule has 0 aromatic carbocycles. The van der Waals surface area contributed by atoms with E-state index in [1.165, 1.54) is 218 Å². The fourth-order valence-electron chi connectivity index (χ4n) is 11.4. The number of hydrogen-bond donors (Lipinski definition) is 9. The van der Waals surface area contributed by atoms with Crippen molar-refractivity contribution in [3.8, 4) is 0 Å². The number of amides is 1. The number of rotatable bonds is 57. The number of aliphatic hydroxyl groups excluding tert-OH is 8. The van der Waals surface area contributed by atoms with Crippen molar-refractivity contribution in [2.24, 2.45) is 0 Å². The van der Waals surface area contributed by atoms with Gasteiger partial charge in [0.25, 0.3) is 0 Å². The Labute approximate surface area is 512 Å². The lowest BCUT2D eigenvalue weighted by Gasteiger charge is -2.46. The van der Waals surface area contributed by atoms with Crippen LogP contribution in [0.2, 0.25) is 0 Å². The number of carbonyl (C=O) groups excluding carboxylic acids is 1. The van der Waals surface area contributed by atoms with Crippen molar-refractivity contribution in [1.82, 2.24) is 5.32 Å². The van der Waals surface area contributed by atoms with Crippen LogP contribution in [-0.2, 0) is 23.7 Å². The largest absolute Gasteiger partial charge is 0.394 e. The lowest BCUT2D eigenvalue weighted by Crippen LogP contribution is -2.65. The number of hydrogen-bond acceptors (Lipinski definition) is 13. The third kappa shape index (κ3) is 39.1. The first-order valence-electron chi connectivity index (χ1n) is 34.9. The first-order chi connectivity index (χ1) is 41.1. The molecule has 12 unspecified atom stereocenters. The number of unbranched alkanes of at least 4 members (excludes halogenated alkanes) is 38. The van der Waals surface area contributed by atoms with Crippen molar-refractivity contribution < 1.29 is 64.6 Å². The first kappa shape index (κ1) is 78.0. The Kier molecular flexibility index (Phi) is 51.1. The molecule has 2 fully saturated rings. The molecule has 84 heavy (non-hydrogen) atoms. The summed E-state index contributed by atoms with van der Waals surface area (Å²) in [6, 6.07) is -0.913. The fourth-order valence-corrected chi connectivity index (χ4v) is 11.4. The van der Waals surface area contributed by atoms with Crippen LogP contribution < -0.4 is 5.32 Å². The molecule has 2 rings (SSSR count).